The van der Waals surface area contributed by atoms with Crippen LogP contribution in [0.1, 0.15) is 35.6 Å². The highest BCUT2D eigenvalue weighted by atomic mass is 19.4. The minimum atomic E-state index is -4.39. The lowest BCUT2D eigenvalue weighted by Gasteiger charge is -2.15. The fourth-order valence-corrected chi connectivity index (χ4v) is 2.90. The topological polar surface area (TPSA) is 89.6 Å². The van der Waals surface area contributed by atoms with Crippen molar-refractivity contribution >= 4 is 11.0 Å². The van der Waals surface area contributed by atoms with E-state index in [1.54, 1.807) is 18.5 Å². The third kappa shape index (κ3) is 3.22. The van der Waals surface area contributed by atoms with E-state index >= 15 is 0 Å². The van der Waals surface area contributed by atoms with Crippen molar-refractivity contribution in [3.05, 3.63) is 57.3 Å². The molecule has 0 aliphatic heterocycles. The zero-order chi connectivity index (χ0) is 19.1. The SMILES string of the molecule is Cc1nc2c(c(CCN)nn2C(C)c2ccc(C(F)(F)F)cc2)c(=O)[nH]1. The van der Waals surface area contributed by atoms with Gasteiger partial charge in [-0.15, -0.1) is 0 Å². The van der Waals surface area contributed by atoms with E-state index in [1.807, 2.05) is 0 Å². The van der Waals surface area contributed by atoms with Gasteiger partial charge in [-0.1, -0.05) is 12.1 Å². The first kappa shape index (κ1) is 18.1. The van der Waals surface area contributed by atoms with Crippen molar-refractivity contribution in [3.8, 4) is 0 Å². The Balaban J connectivity index is 2.11. The normalized spacial score (nSPS) is 13.3. The summed E-state index contributed by atoms with van der Waals surface area (Å²) >= 11 is 0. The molecule has 138 valence electrons. The summed E-state index contributed by atoms with van der Waals surface area (Å²) in [6.45, 7) is 3.76. The Morgan fingerprint density at radius 1 is 1.27 bits per heavy atom. The van der Waals surface area contributed by atoms with Crippen LogP contribution in [0.4, 0.5) is 13.2 Å². The molecular formula is C17H18F3N5O. The van der Waals surface area contributed by atoms with Crippen LogP contribution in [0, 0.1) is 6.92 Å². The van der Waals surface area contributed by atoms with E-state index in [0.717, 1.165) is 12.1 Å². The first-order chi connectivity index (χ1) is 12.2. The lowest BCUT2D eigenvalue weighted by Crippen LogP contribution is -2.13. The molecule has 0 aliphatic carbocycles. The Kier molecular flexibility index (Phi) is 4.57. The van der Waals surface area contributed by atoms with Crippen LogP contribution in [0.3, 0.4) is 0 Å². The zero-order valence-corrected chi connectivity index (χ0v) is 14.3. The maximum Gasteiger partial charge on any atom is 0.416 e. The molecule has 0 radical (unpaired) electrons. The second-order valence-corrected chi connectivity index (χ2v) is 6.08. The van der Waals surface area contributed by atoms with E-state index in [4.69, 9.17) is 5.73 Å². The summed E-state index contributed by atoms with van der Waals surface area (Å²) in [5.74, 6) is 0.433. The largest absolute Gasteiger partial charge is 0.416 e. The van der Waals surface area contributed by atoms with Crippen molar-refractivity contribution in [2.24, 2.45) is 5.73 Å². The summed E-state index contributed by atoms with van der Waals surface area (Å²) < 4.78 is 39.8. The Bertz CT molecular complexity index is 989. The number of fused-ring (bicyclic) bond motifs is 1. The van der Waals surface area contributed by atoms with E-state index in [1.165, 1.54) is 12.1 Å². The molecule has 0 saturated heterocycles. The smallest absolute Gasteiger partial charge is 0.330 e. The van der Waals surface area contributed by atoms with Gasteiger partial charge < -0.3 is 10.7 Å². The van der Waals surface area contributed by atoms with Crippen LogP contribution in [0.25, 0.3) is 11.0 Å². The van der Waals surface area contributed by atoms with E-state index in [-0.39, 0.29) is 5.56 Å². The third-order valence-corrected chi connectivity index (χ3v) is 4.22. The van der Waals surface area contributed by atoms with Crippen LogP contribution >= 0.6 is 0 Å². The summed E-state index contributed by atoms with van der Waals surface area (Å²) in [4.78, 5) is 19.3. The van der Waals surface area contributed by atoms with Crippen molar-refractivity contribution in [2.45, 2.75) is 32.5 Å². The van der Waals surface area contributed by atoms with Gasteiger partial charge in [0.2, 0.25) is 0 Å². The van der Waals surface area contributed by atoms with Gasteiger partial charge in [0.05, 0.1) is 17.3 Å². The number of benzene rings is 1. The number of H-pyrrole nitrogens is 1. The van der Waals surface area contributed by atoms with Crippen molar-refractivity contribution in [1.29, 1.82) is 0 Å². The maximum atomic E-state index is 12.8. The minimum Gasteiger partial charge on any atom is -0.330 e. The molecule has 1 aromatic carbocycles. The molecule has 0 bridgehead atoms. The lowest BCUT2D eigenvalue weighted by atomic mass is 10.1. The summed E-state index contributed by atoms with van der Waals surface area (Å²) in [6, 6.07) is 4.47. The molecule has 6 nitrogen and oxygen atoms in total. The molecule has 0 amide bonds. The van der Waals surface area contributed by atoms with Gasteiger partial charge in [0.1, 0.15) is 11.2 Å². The predicted molar refractivity (Wildman–Crippen MR) is 90.9 cm³/mol. The van der Waals surface area contributed by atoms with Gasteiger partial charge in [-0.25, -0.2) is 9.67 Å². The van der Waals surface area contributed by atoms with Gasteiger partial charge in [0.25, 0.3) is 5.56 Å². The zero-order valence-electron chi connectivity index (χ0n) is 14.3. The number of nitrogens with zero attached hydrogens (tertiary/aromatic N) is 3. The maximum absolute atomic E-state index is 12.8. The number of aryl methyl sites for hydroxylation is 1. The molecule has 3 aromatic rings. The van der Waals surface area contributed by atoms with Gasteiger partial charge in [-0.2, -0.15) is 18.3 Å². The molecule has 9 heteroatoms. The van der Waals surface area contributed by atoms with Gasteiger partial charge in [0.15, 0.2) is 5.65 Å². The lowest BCUT2D eigenvalue weighted by molar-refractivity contribution is -0.137. The molecule has 0 aliphatic rings. The monoisotopic (exact) mass is 365 g/mol. The van der Waals surface area contributed by atoms with Gasteiger partial charge >= 0.3 is 6.18 Å². The number of nitrogens with one attached hydrogen (secondary N) is 1. The number of hydrogen-bond donors (Lipinski definition) is 2. The van der Waals surface area contributed by atoms with Gasteiger partial charge in [-0.3, -0.25) is 4.79 Å². The van der Waals surface area contributed by atoms with Crippen LogP contribution in [0.2, 0.25) is 0 Å². The molecule has 2 heterocycles. The highest BCUT2D eigenvalue weighted by Gasteiger charge is 2.30. The average molecular weight is 365 g/mol. The molecule has 26 heavy (non-hydrogen) atoms. The van der Waals surface area contributed by atoms with Gasteiger partial charge in [-0.05, 0) is 38.1 Å². The number of alkyl halides is 3. The summed E-state index contributed by atoms with van der Waals surface area (Å²) in [6.07, 6.45) is -3.99. The van der Waals surface area contributed by atoms with E-state index < -0.39 is 17.8 Å². The molecule has 3 rings (SSSR count). The van der Waals surface area contributed by atoms with Gasteiger partial charge in [0, 0.05) is 6.42 Å². The van der Waals surface area contributed by atoms with Crippen molar-refractivity contribution < 1.29 is 13.2 Å². The number of aromatic nitrogens is 4. The van der Waals surface area contributed by atoms with Crippen molar-refractivity contribution in [1.82, 2.24) is 19.7 Å². The predicted octanol–water partition coefficient (Wildman–Crippen LogP) is 2.56. The molecule has 0 saturated carbocycles. The van der Waals surface area contributed by atoms with Crippen molar-refractivity contribution in [3.63, 3.8) is 0 Å². The van der Waals surface area contributed by atoms with Crippen LogP contribution in [-0.4, -0.2) is 26.3 Å². The van der Waals surface area contributed by atoms with Crippen molar-refractivity contribution in [2.75, 3.05) is 6.54 Å². The number of hydrogen-bond acceptors (Lipinski definition) is 4. The summed E-state index contributed by atoms with van der Waals surface area (Å²) in [5, 5.41) is 4.82. The number of rotatable bonds is 4. The third-order valence-electron chi connectivity index (χ3n) is 4.22. The molecule has 2 aromatic heterocycles. The highest BCUT2D eigenvalue weighted by molar-refractivity contribution is 5.77. The summed E-state index contributed by atoms with van der Waals surface area (Å²) in [5.41, 5.74) is 6.12. The average Bonchev–Trinajstić information content (AvgIpc) is 2.92. The molecular weight excluding hydrogens is 347 g/mol. The number of nitrogens with two attached hydrogens (primary N) is 1. The number of aromatic amines is 1. The first-order valence-corrected chi connectivity index (χ1v) is 8.07. The molecule has 0 spiro atoms. The van der Waals surface area contributed by atoms with Crippen LogP contribution < -0.4 is 11.3 Å². The van der Waals surface area contributed by atoms with E-state index in [2.05, 4.69) is 15.1 Å². The standard InChI is InChI=1S/C17H18F3N5O/c1-9(11-3-5-12(6-4-11)17(18,19)20)25-15-14(13(24-25)7-8-21)16(26)23-10(2)22-15/h3-6,9H,7-8,21H2,1-2H3,(H,22,23,26). The van der Waals surface area contributed by atoms with Crippen LogP contribution in [-0.2, 0) is 12.6 Å². The highest BCUT2D eigenvalue weighted by Crippen LogP contribution is 2.31. The second-order valence-electron chi connectivity index (χ2n) is 6.08. The van der Waals surface area contributed by atoms with E-state index in [9.17, 15) is 18.0 Å². The Morgan fingerprint density at radius 3 is 2.50 bits per heavy atom. The Labute approximate surface area is 146 Å². The molecule has 3 N–H and O–H groups in total. The second kappa shape index (κ2) is 6.56. The quantitative estimate of drug-likeness (QED) is 0.744. The molecule has 1 unspecified atom stereocenters. The minimum absolute atomic E-state index is 0.304. The summed E-state index contributed by atoms with van der Waals surface area (Å²) in [7, 11) is 0. The first-order valence-electron chi connectivity index (χ1n) is 8.07. The van der Waals surface area contributed by atoms with Crippen LogP contribution in [0.5, 0.6) is 0 Å². The Morgan fingerprint density at radius 2 is 1.92 bits per heavy atom. The Hall–Kier alpha value is -2.68. The number of halogens is 3. The van der Waals surface area contributed by atoms with Crippen LogP contribution in [0.15, 0.2) is 29.1 Å². The fraction of sp³-hybridized carbons (Fsp3) is 0.353. The molecule has 0 fully saturated rings. The molecule has 1 atom stereocenters. The fourth-order valence-electron chi connectivity index (χ4n) is 2.90. The van der Waals surface area contributed by atoms with E-state index in [0.29, 0.717) is 41.1 Å².